The Balaban J connectivity index is 1.62. The summed E-state index contributed by atoms with van der Waals surface area (Å²) in [4.78, 5) is 25.9. The SMILES string of the molecule is CCOC(=O)Cn1c(N2CC(c3ccccc3)C(c3ccc(Cl)cc3)=N2)nn(-c2ccc(Cl)cc2)c1=O. The number of aromatic nitrogens is 3. The molecular formula is C27H23Cl2N5O3. The average Bonchev–Trinajstić information content (AvgIpc) is 3.48. The molecule has 2 heterocycles. The van der Waals surface area contributed by atoms with Gasteiger partial charge in [0.1, 0.15) is 6.54 Å². The van der Waals surface area contributed by atoms with Gasteiger partial charge in [0.05, 0.1) is 24.6 Å². The second-order valence-corrected chi connectivity index (χ2v) is 9.27. The van der Waals surface area contributed by atoms with E-state index in [0.29, 0.717) is 22.3 Å². The zero-order valence-corrected chi connectivity index (χ0v) is 21.4. The van der Waals surface area contributed by atoms with Gasteiger partial charge in [-0.2, -0.15) is 9.78 Å². The van der Waals surface area contributed by atoms with Crippen LogP contribution in [0.4, 0.5) is 5.95 Å². The molecule has 3 aromatic carbocycles. The molecule has 0 fully saturated rings. The molecule has 5 rings (SSSR count). The first-order chi connectivity index (χ1) is 17.9. The molecule has 1 atom stereocenters. The van der Waals surface area contributed by atoms with Crippen molar-refractivity contribution in [2.75, 3.05) is 18.2 Å². The molecule has 1 aliphatic rings. The lowest BCUT2D eigenvalue weighted by molar-refractivity contribution is -0.143. The molecule has 0 saturated carbocycles. The summed E-state index contributed by atoms with van der Waals surface area (Å²) >= 11 is 12.2. The molecule has 1 aromatic heterocycles. The van der Waals surface area contributed by atoms with Crippen LogP contribution in [0.25, 0.3) is 5.69 Å². The second kappa shape index (κ2) is 10.6. The van der Waals surface area contributed by atoms with Crippen molar-refractivity contribution in [1.82, 2.24) is 14.3 Å². The highest BCUT2D eigenvalue weighted by molar-refractivity contribution is 6.31. The second-order valence-electron chi connectivity index (χ2n) is 8.40. The molecule has 0 N–H and O–H groups in total. The van der Waals surface area contributed by atoms with Crippen LogP contribution in [-0.2, 0) is 16.1 Å². The largest absolute Gasteiger partial charge is 0.465 e. The van der Waals surface area contributed by atoms with Crippen LogP contribution in [0.3, 0.4) is 0 Å². The van der Waals surface area contributed by atoms with Gasteiger partial charge in [-0.05, 0) is 54.4 Å². The van der Waals surface area contributed by atoms with Crippen molar-refractivity contribution < 1.29 is 9.53 Å². The van der Waals surface area contributed by atoms with E-state index in [2.05, 4.69) is 5.10 Å². The van der Waals surface area contributed by atoms with Crippen LogP contribution in [0.1, 0.15) is 24.0 Å². The van der Waals surface area contributed by atoms with Crippen LogP contribution in [0.2, 0.25) is 10.0 Å². The summed E-state index contributed by atoms with van der Waals surface area (Å²) in [6.07, 6.45) is 0. The van der Waals surface area contributed by atoms with Crippen molar-refractivity contribution in [2.45, 2.75) is 19.4 Å². The van der Waals surface area contributed by atoms with E-state index in [1.165, 1.54) is 9.25 Å². The molecule has 37 heavy (non-hydrogen) atoms. The van der Waals surface area contributed by atoms with Crippen molar-refractivity contribution in [1.29, 1.82) is 0 Å². The quantitative estimate of drug-likeness (QED) is 0.314. The number of rotatable bonds is 7. The van der Waals surface area contributed by atoms with Gasteiger partial charge in [0.15, 0.2) is 0 Å². The highest BCUT2D eigenvalue weighted by atomic mass is 35.5. The molecule has 0 radical (unpaired) electrons. The van der Waals surface area contributed by atoms with Crippen molar-refractivity contribution in [2.24, 2.45) is 5.10 Å². The molecule has 1 unspecified atom stereocenters. The summed E-state index contributed by atoms with van der Waals surface area (Å²) in [5, 5.41) is 12.3. The standard InChI is InChI=1S/C27H23Cl2N5O3/c1-2-37-24(35)17-32-26(31-34(27(32)36)22-14-12-21(29)13-15-22)33-16-23(18-6-4-3-5-7-18)25(30-33)19-8-10-20(28)11-9-19/h3-15,23H,2,16-17H2,1H3. The van der Waals surface area contributed by atoms with E-state index in [9.17, 15) is 9.59 Å². The minimum Gasteiger partial charge on any atom is -0.465 e. The number of halogens is 2. The fourth-order valence-corrected chi connectivity index (χ4v) is 4.51. The van der Waals surface area contributed by atoms with Crippen LogP contribution in [-0.4, -0.2) is 39.2 Å². The summed E-state index contributed by atoms with van der Waals surface area (Å²) in [5.41, 5.74) is 2.79. The number of ether oxygens (including phenoxy) is 1. The predicted octanol–water partition coefficient (Wildman–Crippen LogP) is 4.91. The summed E-state index contributed by atoms with van der Waals surface area (Å²) < 4.78 is 7.64. The molecule has 0 bridgehead atoms. The number of hydrazone groups is 1. The lowest BCUT2D eigenvalue weighted by Gasteiger charge is -2.16. The molecule has 1 aliphatic heterocycles. The monoisotopic (exact) mass is 535 g/mol. The molecular weight excluding hydrogens is 513 g/mol. The number of nitrogens with zero attached hydrogens (tertiary/aromatic N) is 5. The molecule has 0 aliphatic carbocycles. The maximum absolute atomic E-state index is 13.4. The number of anilines is 1. The predicted molar refractivity (Wildman–Crippen MR) is 144 cm³/mol. The Morgan fingerprint density at radius 1 is 0.973 bits per heavy atom. The number of hydrogen-bond donors (Lipinski definition) is 0. The van der Waals surface area contributed by atoms with Crippen LogP contribution < -0.4 is 10.7 Å². The molecule has 8 nitrogen and oxygen atoms in total. The third kappa shape index (κ3) is 5.16. The normalized spacial score (nSPS) is 15.1. The average molecular weight is 536 g/mol. The van der Waals surface area contributed by atoms with Crippen LogP contribution in [0.5, 0.6) is 0 Å². The number of hydrogen-bond acceptors (Lipinski definition) is 6. The Hall–Kier alpha value is -3.88. The molecule has 10 heteroatoms. The molecule has 0 saturated heterocycles. The third-order valence-corrected chi connectivity index (χ3v) is 6.50. The minimum atomic E-state index is -0.540. The molecule has 188 valence electrons. The lowest BCUT2D eigenvalue weighted by atomic mass is 9.91. The molecule has 4 aromatic rings. The third-order valence-electron chi connectivity index (χ3n) is 5.99. The summed E-state index contributed by atoms with van der Waals surface area (Å²) in [6.45, 7) is 2.04. The van der Waals surface area contributed by atoms with Crippen LogP contribution in [0, 0.1) is 0 Å². The Morgan fingerprint density at radius 3 is 2.27 bits per heavy atom. The fraction of sp³-hybridized carbons (Fsp3) is 0.185. The van der Waals surface area contributed by atoms with Crippen molar-refractivity contribution in [3.8, 4) is 5.69 Å². The van der Waals surface area contributed by atoms with Gasteiger partial charge >= 0.3 is 11.7 Å². The Morgan fingerprint density at radius 2 is 1.62 bits per heavy atom. The van der Waals surface area contributed by atoms with Crippen molar-refractivity contribution in [3.63, 3.8) is 0 Å². The van der Waals surface area contributed by atoms with Crippen LogP contribution in [0.15, 0.2) is 88.8 Å². The first-order valence-electron chi connectivity index (χ1n) is 11.7. The number of carbonyl (C=O) groups excluding carboxylic acids is 1. The van der Waals surface area contributed by atoms with E-state index in [0.717, 1.165) is 16.8 Å². The van der Waals surface area contributed by atoms with Gasteiger partial charge in [-0.15, -0.1) is 5.10 Å². The zero-order valence-electron chi connectivity index (χ0n) is 19.9. The van der Waals surface area contributed by atoms with Crippen molar-refractivity contribution >= 4 is 40.8 Å². The van der Waals surface area contributed by atoms with Gasteiger partial charge in [0.25, 0.3) is 0 Å². The Labute approximate surface area is 223 Å². The van der Waals surface area contributed by atoms with E-state index >= 15 is 0 Å². The van der Waals surface area contributed by atoms with Crippen LogP contribution >= 0.6 is 23.2 Å². The summed E-state index contributed by atoms with van der Waals surface area (Å²) in [7, 11) is 0. The highest BCUT2D eigenvalue weighted by Gasteiger charge is 2.33. The Bertz CT molecular complexity index is 1500. The van der Waals surface area contributed by atoms with Gasteiger partial charge < -0.3 is 4.74 Å². The van der Waals surface area contributed by atoms with Gasteiger partial charge in [-0.1, -0.05) is 65.7 Å². The first-order valence-corrected chi connectivity index (χ1v) is 12.5. The zero-order chi connectivity index (χ0) is 25.9. The highest BCUT2D eigenvalue weighted by Crippen LogP contribution is 2.31. The van der Waals surface area contributed by atoms with Gasteiger partial charge in [0.2, 0.25) is 5.95 Å². The summed E-state index contributed by atoms with van der Waals surface area (Å²) in [5.74, 6) is -0.408. The van der Waals surface area contributed by atoms with Gasteiger partial charge in [0, 0.05) is 16.0 Å². The van der Waals surface area contributed by atoms with Gasteiger partial charge in [-0.3, -0.25) is 4.79 Å². The molecule has 0 amide bonds. The maximum atomic E-state index is 13.4. The number of benzene rings is 3. The number of esters is 1. The maximum Gasteiger partial charge on any atom is 0.352 e. The van der Waals surface area contributed by atoms with E-state index in [4.69, 9.17) is 33.0 Å². The lowest BCUT2D eigenvalue weighted by Crippen LogP contribution is -2.30. The van der Waals surface area contributed by atoms with E-state index in [1.54, 1.807) is 36.2 Å². The minimum absolute atomic E-state index is 0.103. The fourth-order valence-electron chi connectivity index (χ4n) is 4.26. The van der Waals surface area contributed by atoms with E-state index < -0.39 is 11.7 Å². The summed E-state index contributed by atoms with van der Waals surface area (Å²) in [6, 6.07) is 24.2. The van der Waals surface area contributed by atoms with E-state index in [1.807, 2.05) is 54.6 Å². The molecule has 0 spiro atoms. The van der Waals surface area contributed by atoms with Gasteiger partial charge in [-0.25, -0.2) is 14.4 Å². The Kier molecular flexibility index (Phi) is 7.12. The van der Waals surface area contributed by atoms with Crippen molar-refractivity contribution in [3.05, 3.63) is 111 Å². The number of carbonyl (C=O) groups is 1. The topological polar surface area (TPSA) is 81.7 Å². The smallest absolute Gasteiger partial charge is 0.352 e. The van der Waals surface area contributed by atoms with E-state index in [-0.39, 0.29) is 25.0 Å². The first kappa shape index (κ1) is 24.8.